The van der Waals surface area contributed by atoms with Crippen molar-refractivity contribution in [2.75, 3.05) is 6.61 Å². The van der Waals surface area contributed by atoms with Crippen molar-refractivity contribution in [3.8, 4) is 0 Å². The zero-order valence-electron chi connectivity index (χ0n) is 12.5. The molecular weight excluding hydrogens is 238 g/mol. The van der Waals surface area contributed by atoms with Crippen molar-refractivity contribution in [2.45, 2.75) is 77.3 Å². The molecular formula is C16H29NO2. The van der Waals surface area contributed by atoms with E-state index < -0.39 is 0 Å². The van der Waals surface area contributed by atoms with Crippen LogP contribution in [0.25, 0.3) is 0 Å². The second-order valence-corrected chi connectivity index (χ2v) is 6.44. The fraction of sp³-hybridized carbons (Fsp3) is 0.938. The summed E-state index contributed by atoms with van der Waals surface area (Å²) in [6.07, 6.45) is 9.70. The van der Waals surface area contributed by atoms with Crippen LogP contribution in [0.1, 0.15) is 65.2 Å². The number of esters is 1. The largest absolute Gasteiger partial charge is 0.466 e. The van der Waals surface area contributed by atoms with Gasteiger partial charge in [0.2, 0.25) is 0 Å². The maximum atomic E-state index is 11.7. The van der Waals surface area contributed by atoms with E-state index in [2.05, 4.69) is 12.2 Å². The zero-order chi connectivity index (χ0) is 13.7. The molecule has 0 bridgehead atoms. The summed E-state index contributed by atoms with van der Waals surface area (Å²) >= 11 is 0. The maximum Gasteiger partial charge on any atom is 0.308 e. The second kappa shape index (κ2) is 7.28. The number of hydrogen-bond donors (Lipinski definition) is 1. The zero-order valence-corrected chi connectivity index (χ0v) is 12.5. The fourth-order valence-electron chi connectivity index (χ4n) is 3.67. The molecule has 0 aromatic heterocycles. The van der Waals surface area contributed by atoms with Gasteiger partial charge in [-0.3, -0.25) is 4.79 Å². The molecule has 0 aromatic rings. The summed E-state index contributed by atoms with van der Waals surface area (Å²) in [7, 11) is 0. The van der Waals surface area contributed by atoms with Crippen molar-refractivity contribution in [2.24, 2.45) is 11.8 Å². The lowest BCUT2D eigenvalue weighted by molar-refractivity contribution is -0.149. The number of rotatable bonds is 4. The minimum Gasteiger partial charge on any atom is -0.466 e. The maximum absolute atomic E-state index is 11.7. The molecule has 0 heterocycles. The van der Waals surface area contributed by atoms with Crippen molar-refractivity contribution in [1.82, 2.24) is 5.32 Å². The van der Waals surface area contributed by atoms with Gasteiger partial charge in [-0.25, -0.2) is 0 Å². The Balaban J connectivity index is 1.69. The molecule has 0 aliphatic heterocycles. The Kier molecular flexibility index (Phi) is 5.68. The lowest BCUT2D eigenvalue weighted by atomic mass is 9.83. The van der Waals surface area contributed by atoms with Crippen molar-refractivity contribution in [1.29, 1.82) is 0 Å². The number of ether oxygens (including phenoxy) is 1. The van der Waals surface area contributed by atoms with Crippen LogP contribution in [0.4, 0.5) is 0 Å². The Hall–Kier alpha value is -0.570. The first-order chi connectivity index (χ1) is 9.19. The van der Waals surface area contributed by atoms with E-state index in [9.17, 15) is 4.79 Å². The number of nitrogens with one attached hydrogen (secondary N) is 1. The van der Waals surface area contributed by atoms with Gasteiger partial charge in [0.05, 0.1) is 12.5 Å². The predicted octanol–water partition coefficient (Wildman–Crippen LogP) is 3.28. The average Bonchev–Trinajstić information content (AvgIpc) is 2.40. The SMILES string of the molecule is CCOC(=O)C1CCC(NC2CCCC(C)C2)CC1. The van der Waals surface area contributed by atoms with Crippen LogP contribution in [0, 0.1) is 11.8 Å². The molecule has 2 aliphatic carbocycles. The van der Waals surface area contributed by atoms with Gasteiger partial charge in [0.15, 0.2) is 0 Å². The van der Waals surface area contributed by atoms with Crippen LogP contribution in [-0.2, 0) is 9.53 Å². The van der Waals surface area contributed by atoms with Crippen molar-refractivity contribution in [3.63, 3.8) is 0 Å². The number of carbonyl (C=O) groups excluding carboxylic acids is 1. The van der Waals surface area contributed by atoms with E-state index in [0.29, 0.717) is 18.7 Å². The quantitative estimate of drug-likeness (QED) is 0.794. The van der Waals surface area contributed by atoms with Crippen molar-refractivity contribution >= 4 is 5.97 Å². The van der Waals surface area contributed by atoms with Gasteiger partial charge >= 0.3 is 5.97 Å². The molecule has 2 saturated carbocycles. The van der Waals surface area contributed by atoms with Crippen LogP contribution in [0.3, 0.4) is 0 Å². The summed E-state index contributed by atoms with van der Waals surface area (Å²) in [5, 5.41) is 3.83. The van der Waals surface area contributed by atoms with Gasteiger partial charge < -0.3 is 10.1 Å². The van der Waals surface area contributed by atoms with Gasteiger partial charge in [0.1, 0.15) is 0 Å². The molecule has 19 heavy (non-hydrogen) atoms. The lowest BCUT2D eigenvalue weighted by Crippen LogP contribution is -2.43. The highest BCUT2D eigenvalue weighted by molar-refractivity contribution is 5.72. The third kappa shape index (κ3) is 4.48. The Bertz CT molecular complexity index is 284. The molecule has 2 aliphatic rings. The number of carbonyl (C=O) groups is 1. The van der Waals surface area contributed by atoms with Gasteiger partial charge in [-0.05, 0) is 51.4 Å². The summed E-state index contributed by atoms with van der Waals surface area (Å²) < 4.78 is 5.12. The summed E-state index contributed by atoms with van der Waals surface area (Å²) in [6, 6.07) is 1.34. The normalized spacial score (nSPS) is 35.9. The second-order valence-electron chi connectivity index (χ2n) is 6.44. The summed E-state index contributed by atoms with van der Waals surface area (Å²) in [5.41, 5.74) is 0. The lowest BCUT2D eigenvalue weighted by Gasteiger charge is -2.34. The average molecular weight is 267 g/mol. The highest BCUT2D eigenvalue weighted by atomic mass is 16.5. The minimum absolute atomic E-state index is 0.0206. The molecule has 0 radical (unpaired) electrons. The van der Waals surface area contributed by atoms with Crippen LogP contribution in [-0.4, -0.2) is 24.7 Å². The topological polar surface area (TPSA) is 38.3 Å². The first-order valence-electron chi connectivity index (χ1n) is 8.11. The highest BCUT2D eigenvalue weighted by Crippen LogP contribution is 2.28. The molecule has 0 spiro atoms. The van der Waals surface area contributed by atoms with Gasteiger partial charge in [-0.2, -0.15) is 0 Å². The molecule has 110 valence electrons. The molecule has 0 aromatic carbocycles. The van der Waals surface area contributed by atoms with Crippen LogP contribution in [0.5, 0.6) is 0 Å². The van der Waals surface area contributed by atoms with Crippen LogP contribution in [0.2, 0.25) is 0 Å². The third-order valence-corrected chi connectivity index (χ3v) is 4.75. The molecule has 2 fully saturated rings. The molecule has 2 atom stereocenters. The van der Waals surface area contributed by atoms with Gasteiger partial charge in [-0.15, -0.1) is 0 Å². The summed E-state index contributed by atoms with van der Waals surface area (Å²) in [4.78, 5) is 11.7. The highest BCUT2D eigenvalue weighted by Gasteiger charge is 2.29. The smallest absolute Gasteiger partial charge is 0.308 e. The van der Waals surface area contributed by atoms with Crippen molar-refractivity contribution < 1.29 is 9.53 Å². The molecule has 2 rings (SSSR count). The van der Waals surface area contributed by atoms with Crippen LogP contribution in [0.15, 0.2) is 0 Å². The monoisotopic (exact) mass is 267 g/mol. The first-order valence-corrected chi connectivity index (χ1v) is 8.11. The van der Waals surface area contributed by atoms with Crippen LogP contribution >= 0.6 is 0 Å². The molecule has 2 unspecified atom stereocenters. The Labute approximate surface area is 117 Å². The molecule has 3 heteroatoms. The van der Waals surface area contributed by atoms with Gasteiger partial charge in [-0.1, -0.05) is 19.8 Å². The van der Waals surface area contributed by atoms with E-state index in [4.69, 9.17) is 4.74 Å². The molecule has 0 saturated heterocycles. The van der Waals surface area contributed by atoms with E-state index in [1.165, 1.54) is 25.7 Å². The Morgan fingerprint density at radius 1 is 1.11 bits per heavy atom. The standard InChI is InChI=1S/C16H29NO2/c1-3-19-16(18)13-7-9-14(10-8-13)17-15-6-4-5-12(2)11-15/h12-15,17H,3-11H2,1-2H3. The van der Waals surface area contributed by atoms with E-state index in [1.54, 1.807) is 0 Å². The Morgan fingerprint density at radius 3 is 2.47 bits per heavy atom. The first kappa shape index (κ1) is 14.8. The molecule has 1 N–H and O–H groups in total. The fourth-order valence-corrected chi connectivity index (χ4v) is 3.67. The van der Waals surface area contributed by atoms with E-state index in [-0.39, 0.29) is 11.9 Å². The van der Waals surface area contributed by atoms with Gasteiger partial charge in [0.25, 0.3) is 0 Å². The van der Waals surface area contributed by atoms with Crippen LogP contribution < -0.4 is 5.32 Å². The minimum atomic E-state index is 0.0206. The van der Waals surface area contributed by atoms with E-state index in [0.717, 1.165) is 31.6 Å². The molecule has 3 nitrogen and oxygen atoms in total. The predicted molar refractivity (Wildman–Crippen MR) is 76.9 cm³/mol. The molecule has 0 amide bonds. The Morgan fingerprint density at radius 2 is 1.84 bits per heavy atom. The van der Waals surface area contributed by atoms with E-state index >= 15 is 0 Å². The summed E-state index contributed by atoms with van der Waals surface area (Å²) in [5.74, 6) is 1.05. The van der Waals surface area contributed by atoms with Crippen molar-refractivity contribution in [3.05, 3.63) is 0 Å². The number of hydrogen-bond acceptors (Lipinski definition) is 3. The third-order valence-electron chi connectivity index (χ3n) is 4.75. The summed E-state index contributed by atoms with van der Waals surface area (Å²) in [6.45, 7) is 4.76. The van der Waals surface area contributed by atoms with E-state index in [1.807, 2.05) is 6.92 Å². The van der Waals surface area contributed by atoms with Gasteiger partial charge in [0, 0.05) is 12.1 Å².